The van der Waals surface area contributed by atoms with Crippen molar-refractivity contribution in [3.63, 3.8) is 0 Å². The standard InChI is InChI=1S/C60H94O30/c1-54(2)14-15-60(25(16-54)24-8-9-30-56(4)12-11-32(63)59(7,31(56)10-13-57(30,5)58(24,6)17-33(60)64)52(79)89-49-45(77)41(73)37(69)27(21-62)85-49)53(80)90-50-46(78)42(74)38(70)29(86-50)23-83-51-47(88-48-44(76)40(72)36(68)26(20-61)84-48)43(75)39(71)28(87-51)22-82-35(67)19-55(3,81)18-34(65)66/h8,25-33,36-51,61-64,68-78,81H,9-23H2,1-7H3,(H,65,66)/t25-,26+,27+,28+,29+,30+,31+,32-,33+,36+,37+,38?,39+,40-,41-,42?,43-,44+,45+,46+,47+,48-,49-,50-,51+,55-,56+,57+,58+,59-,60+/m0/s1. The predicted molar refractivity (Wildman–Crippen MR) is 297 cm³/mol. The molecule has 0 amide bonds. The van der Waals surface area contributed by atoms with Gasteiger partial charge in [-0.1, -0.05) is 46.3 Å². The maximum Gasteiger partial charge on any atom is 0.317 e. The molecule has 4 saturated carbocycles. The third kappa shape index (κ3) is 12.3. The molecule has 9 rings (SSSR count). The highest BCUT2D eigenvalue weighted by atomic mass is 16.8. The zero-order chi connectivity index (χ0) is 66.5. The number of aliphatic hydroxyl groups is 16. The molecule has 0 radical (unpaired) electrons. The number of esters is 3. The van der Waals surface area contributed by atoms with Gasteiger partial charge < -0.3 is 129 Å². The third-order valence-corrected chi connectivity index (χ3v) is 22.8. The minimum atomic E-state index is -2.13. The van der Waals surface area contributed by atoms with Gasteiger partial charge in [0.2, 0.25) is 12.6 Å². The lowest BCUT2D eigenvalue weighted by Crippen LogP contribution is -2.69. The summed E-state index contributed by atoms with van der Waals surface area (Å²) < 4.78 is 51.8. The van der Waals surface area contributed by atoms with Crippen LogP contribution in [0.4, 0.5) is 0 Å². The molecule has 0 spiro atoms. The number of allylic oxidation sites excluding steroid dienone is 2. The largest absolute Gasteiger partial charge is 0.481 e. The van der Waals surface area contributed by atoms with Crippen LogP contribution in [0, 0.1) is 50.2 Å². The number of carbonyl (C=O) groups excluding carboxylic acids is 3. The molecule has 4 saturated heterocycles. The first-order valence-electron chi connectivity index (χ1n) is 31.1. The molecule has 9 aliphatic rings. The number of carbonyl (C=O) groups is 4. The molecule has 514 valence electrons. The van der Waals surface area contributed by atoms with Crippen molar-refractivity contribution in [3.8, 4) is 0 Å². The summed E-state index contributed by atoms with van der Waals surface area (Å²) in [4.78, 5) is 54.0. The minimum Gasteiger partial charge on any atom is -0.481 e. The number of hydrogen-bond acceptors (Lipinski definition) is 29. The Morgan fingerprint density at radius 1 is 0.567 bits per heavy atom. The van der Waals surface area contributed by atoms with Gasteiger partial charge in [-0.05, 0) is 111 Å². The van der Waals surface area contributed by atoms with E-state index < -0.39 is 243 Å². The van der Waals surface area contributed by atoms with Gasteiger partial charge in [0.05, 0.1) is 55.9 Å². The molecule has 8 fully saturated rings. The number of ether oxygens (including phenoxy) is 9. The number of carboxylic acids is 1. The van der Waals surface area contributed by atoms with Crippen LogP contribution >= 0.6 is 0 Å². The van der Waals surface area contributed by atoms with E-state index >= 15 is 4.79 Å². The Bertz CT molecular complexity index is 2620. The fourth-order valence-corrected chi connectivity index (χ4v) is 17.2. The third-order valence-electron chi connectivity index (χ3n) is 22.8. The molecule has 30 heteroatoms. The summed E-state index contributed by atoms with van der Waals surface area (Å²) in [6.45, 7) is 9.70. The van der Waals surface area contributed by atoms with Crippen LogP contribution in [0.1, 0.15) is 119 Å². The van der Waals surface area contributed by atoms with Crippen LogP contribution in [-0.2, 0) is 61.8 Å². The summed E-state index contributed by atoms with van der Waals surface area (Å²) in [5.74, 6) is -5.83. The van der Waals surface area contributed by atoms with Crippen molar-refractivity contribution in [1.29, 1.82) is 0 Å². The van der Waals surface area contributed by atoms with Gasteiger partial charge in [0, 0.05) is 0 Å². The van der Waals surface area contributed by atoms with Crippen molar-refractivity contribution in [2.45, 2.75) is 260 Å². The maximum absolute atomic E-state index is 15.4. The van der Waals surface area contributed by atoms with E-state index in [1.807, 2.05) is 0 Å². The summed E-state index contributed by atoms with van der Waals surface area (Å²) in [6.07, 6.45) is -36.9. The van der Waals surface area contributed by atoms with E-state index in [4.69, 9.17) is 47.7 Å². The van der Waals surface area contributed by atoms with Crippen molar-refractivity contribution >= 4 is 23.9 Å². The first kappa shape index (κ1) is 71.0. The fourth-order valence-electron chi connectivity index (χ4n) is 17.2. The monoisotopic (exact) mass is 1290 g/mol. The van der Waals surface area contributed by atoms with E-state index in [0.717, 1.165) is 12.5 Å². The predicted octanol–water partition coefficient (Wildman–Crippen LogP) is -4.40. The lowest BCUT2D eigenvalue weighted by Gasteiger charge is -2.71. The van der Waals surface area contributed by atoms with Gasteiger partial charge in [-0.15, -0.1) is 0 Å². The van der Waals surface area contributed by atoms with E-state index in [1.54, 1.807) is 6.92 Å². The van der Waals surface area contributed by atoms with Crippen LogP contribution in [0.5, 0.6) is 0 Å². The van der Waals surface area contributed by atoms with Crippen molar-refractivity contribution < 1.29 is 149 Å². The molecule has 0 aromatic heterocycles. The van der Waals surface area contributed by atoms with Crippen LogP contribution in [0.2, 0.25) is 0 Å². The highest BCUT2D eigenvalue weighted by Crippen LogP contribution is 2.76. The lowest BCUT2D eigenvalue weighted by molar-refractivity contribution is -0.372. The Kier molecular flexibility index (Phi) is 20.6. The second kappa shape index (κ2) is 26.0. The SMILES string of the molecule is CC1(C)CC[C@]2(C(=O)O[C@@H]3O[C@H](CO[C@@H]4O[C@H](COC(=O)C[C@@](C)(O)CC(=O)O)[C@@H](O)[C@H](O)[C@H]4O[C@@H]4O[C@H](CO)[C@@H](O)[C@H](O)[C@H]4O)C(O)C(O)[C@H]3O)[C@H](O)C[C@]3(C)C(=CC[C@@H]4[C@@]5(C)CC[C@H](O)[C@@](C)(C(=O)O[C@@H]6O[C@H](CO)[C@@H](O)[C@H](O)[C@H]6O)[C@@H]5CC[C@]43C)[C@@H]2C1. The molecule has 0 aromatic carbocycles. The van der Waals surface area contributed by atoms with E-state index in [2.05, 4.69) is 40.7 Å². The first-order valence-corrected chi connectivity index (χ1v) is 31.1. The van der Waals surface area contributed by atoms with Gasteiger partial charge >= 0.3 is 23.9 Å². The summed E-state index contributed by atoms with van der Waals surface area (Å²) in [6, 6.07) is 0. The Morgan fingerprint density at radius 2 is 1.09 bits per heavy atom. The van der Waals surface area contributed by atoms with Crippen LogP contribution in [0.15, 0.2) is 11.6 Å². The Morgan fingerprint density at radius 3 is 1.68 bits per heavy atom. The van der Waals surface area contributed by atoms with Gasteiger partial charge in [0.15, 0.2) is 12.6 Å². The highest BCUT2D eigenvalue weighted by molar-refractivity contribution is 5.80. The summed E-state index contributed by atoms with van der Waals surface area (Å²) >= 11 is 0. The lowest BCUT2D eigenvalue weighted by atomic mass is 9.33. The second-order valence-electron chi connectivity index (χ2n) is 28.9. The number of fused-ring (bicyclic) bond motifs is 7. The normalized spacial score (nSPS) is 49.9. The Labute approximate surface area is 519 Å². The van der Waals surface area contributed by atoms with Crippen LogP contribution in [0.25, 0.3) is 0 Å². The first-order chi connectivity index (χ1) is 41.9. The molecule has 17 N–H and O–H groups in total. The van der Waals surface area contributed by atoms with Crippen LogP contribution in [-0.4, -0.2) is 278 Å². The number of hydrogen-bond donors (Lipinski definition) is 17. The zero-order valence-corrected chi connectivity index (χ0v) is 51.5. The summed E-state index contributed by atoms with van der Waals surface area (Å²) in [5.41, 5.74) is -6.89. The maximum atomic E-state index is 15.4. The van der Waals surface area contributed by atoms with E-state index in [9.17, 15) is 96.1 Å². The molecular weight excluding hydrogens is 1200 g/mol. The number of aliphatic hydroxyl groups excluding tert-OH is 15. The molecule has 0 bridgehead atoms. The van der Waals surface area contributed by atoms with Crippen molar-refractivity contribution in [3.05, 3.63) is 11.6 Å². The molecule has 4 aliphatic heterocycles. The van der Waals surface area contributed by atoms with Gasteiger partial charge in [-0.2, -0.15) is 0 Å². The van der Waals surface area contributed by atoms with Crippen LogP contribution < -0.4 is 0 Å². The van der Waals surface area contributed by atoms with Crippen molar-refractivity contribution in [2.24, 2.45) is 50.2 Å². The van der Waals surface area contributed by atoms with Gasteiger partial charge in [-0.25, -0.2) is 0 Å². The zero-order valence-electron chi connectivity index (χ0n) is 51.5. The second-order valence-corrected chi connectivity index (χ2v) is 28.9. The molecule has 0 aromatic rings. The summed E-state index contributed by atoms with van der Waals surface area (Å²) in [5, 5.41) is 185. The molecular formula is C60H94O30. The molecule has 31 atom stereocenters. The van der Waals surface area contributed by atoms with Gasteiger partial charge in [-0.3, -0.25) is 19.2 Å². The van der Waals surface area contributed by atoms with Gasteiger partial charge in [0.1, 0.15) is 110 Å². The highest BCUT2D eigenvalue weighted by Gasteiger charge is 2.73. The topological polar surface area (TPSA) is 495 Å². The quantitative estimate of drug-likeness (QED) is 0.0371. The number of aliphatic carboxylic acids is 1. The average molecular weight is 1300 g/mol. The van der Waals surface area contributed by atoms with Crippen molar-refractivity contribution in [1.82, 2.24) is 0 Å². The Hall–Kier alpha value is -3.26. The van der Waals surface area contributed by atoms with Crippen molar-refractivity contribution in [2.75, 3.05) is 26.4 Å². The number of rotatable bonds is 17. The number of carboxylic acid groups (broad SMARTS) is 1. The summed E-state index contributed by atoms with van der Waals surface area (Å²) in [7, 11) is 0. The molecule has 30 nitrogen and oxygen atoms in total. The molecule has 4 heterocycles. The molecule has 90 heavy (non-hydrogen) atoms. The molecule has 5 aliphatic carbocycles. The smallest absolute Gasteiger partial charge is 0.317 e. The van der Waals surface area contributed by atoms with Gasteiger partial charge in [0.25, 0.3) is 0 Å². The fraction of sp³-hybridized carbons (Fsp3) is 0.900. The minimum absolute atomic E-state index is 0.0452. The van der Waals surface area contributed by atoms with E-state index in [0.29, 0.717) is 38.5 Å². The van der Waals surface area contributed by atoms with E-state index in [-0.39, 0.29) is 30.6 Å². The Balaban J connectivity index is 0.948. The van der Waals surface area contributed by atoms with Crippen LogP contribution in [0.3, 0.4) is 0 Å². The van der Waals surface area contributed by atoms with E-state index in [1.165, 1.54) is 0 Å². The average Bonchev–Trinajstić information content (AvgIpc) is 0.672. The molecule has 2 unspecified atom stereocenters.